The number of carbonyl (C=O) groups excluding carboxylic acids is 1. The van der Waals surface area contributed by atoms with E-state index in [1.807, 2.05) is 0 Å². The van der Waals surface area contributed by atoms with Gasteiger partial charge in [-0.1, -0.05) is 0 Å². The molecule has 0 aromatic heterocycles. The van der Waals surface area contributed by atoms with E-state index in [9.17, 15) is 9.90 Å². The Kier molecular flexibility index (Phi) is 6.29. The minimum atomic E-state index is -0.932. The molecule has 1 heterocycles. The molecule has 0 saturated carbocycles. The summed E-state index contributed by atoms with van der Waals surface area (Å²) in [5.74, 6) is -1.20. The van der Waals surface area contributed by atoms with Crippen LogP contribution in [0.1, 0.15) is 12.8 Å². The number of carbonyl (C=O) groups is 1. The van der Waals surface area contributed by atoms with Crippen LogP contribution in [-0.2, 0) is 9.53 Å². The van der Waals surface area contributed by atoms with Gasteiger partial charge in [-0.05, 0) is 12.8 Å². The number of rotatable bonds is 1. The zero-order valence-corrected chi connectivity index (χ0v) is 9.25. The first-order valence-electron chi connectivity index (χ1n) is 3.09. The quantitative estimate of drug-likeness (QED) is 0.377. The van der Waals surface area contributed by atoms with Gasteiger partial charge >= 0.3 is 51.4 Å². The van der Waals surface area contributed by atoms with Gasteiger partial charge in [0, 0.05) is 25.1 Å². The van der Waals surface area contributed by atoms with Crippen molar-refractivity contribution >= 4 is 5.97 Å². The minimum absolute atomic E-state index is 0. The number of carboxylic acids is 1. The maximum absolute atomic E-state index is 10.2. The molecule has 10 heavy (non-hydrogen) atoms. The van der Waals surface area contributed by atoms with Crippen LogP contribution in [0.15, 0.2) is 0 Å². The third kappa shape index (κ3) is 3.46. The van der Waals surface area contributed by atoms with Crippen molar-refractivity contribution in [2.75, 3.05) is 13.2 Å². The van der Waals surface area contributed by atoms with Gasteiger partial charge in [0.2, 0.25) is 0 Å². The molecular formula is C6H9KO3. The Morgan fingerprint density at radius 3 is 2.20 bits per heavy atom. The van der Waals surface area contributed by atoms with Gasteiger partial charge < -0.3 is 14.6 Å². The van der Waals surface area contributed by atoms with E-state index in [-0.39, 0.29) is 57.3 Å². The predicted molar refractivity (Wildman–Crippen MR) is 28.5 cm³/mol. The van der Waals surface area contributed by atoms with E-state index in [4.69, 9.17) is 4.74 Å². The molecule has 0 aliphatic carbocycles. The fourth-order valence-corrected chi connectivity index (χ4v) is 0.933. The van der Waals surface area contributed by atoms with Crippen molar-refractivity contribution in [3.8, 4) is 0 Å². The summed E-state index contributed by atoms with van der Waals surface area (Å²) in [5.41, 5.74) is 0. The van der Waals surface area contributed by atoms with Gasteiger partial charge in [-0.3, -0.25) is 0 Å². The molecule has 4 heteroatoms. The van der Waals surface area contributed by atoms with Crippen molar-refractivity contribution < 1.29 is 66.0 Å². The van der Waals surface area contributed by atoms with Crippen molar-refractivity contribution in [3.63, 3.8) is 0 Å². The number of carboxylic acid groups (broad SMARTS) is 1. The smallest absolute Gasteiger partial charge is 0.550 e. The summed E-state index contributed by atoms with van der Waals surface area (Å²) in [6.07, 6.45) is 1.23. The molecule has 0 unspecified atom stereocenters. The first-order chi connectivity index (χ1) is 4.30. The molecule has 1 rings (SSSR count). The van der Waals surface area contributed by atoms with Crippen molar-refractivity contribution in [3.05, 3.63) is 0 Å². The molecule has 0 amide bonds. The summed E-state index contributed by atoms with van der Waals surface area (Å²) in [6.45, 7) is 1.14. The number of hydrogen-bond acceptors (Lipinski definition) is 3. The van der Waals surface area contributed by atoms with Crippen LogP contribution in [0.5, 0.6) is 0 Å². The van der Waals surface area contributed by atoms with E-state index >= 15 is 0 Å². The molecule has 0 radical (unpaired) electrons. The molecule has 3 nitrogen and oxygen atoms in total. The molecule has 1 fully saturated rings. The van der Waals surface area contributed by atoms with E-state index in [1.54, 1.807) is 0 Å². The van der Waals surface area contributed by atoms with Crippen LogP contribution in [0.25, 0.3) is 0 Å². The van der Waals surface area contributed by atoms with Crippen LogP contribution in [0.3, 0.4) is 0 Å². The average molecular weight is 168 g/mol. The van der Waals surface area contributed by atoms with Crippen LogP contribution in [0, 0.1) is 5.92 Å². The largest absolute Gasteiger partial charge is 1.00 e. The summed E-state index contributed by atoms with van der Waals surface area (Å²) in [5, 5.41) is 10.2. The Labute approximate surface area is 103 Å². The maximum atomic E-state index is 10.2. The van der Waals surface area contributed by atoms with Gasteiger partial charge in [0.1, 0.15) is 0 Å². The van der Waals surface area contributed by atoms with Crippen LogP contribution >= 0.6 is 0 Å². The summed E-state index contributed by atoms with van der Waals surface area (Å²) >= 11 is 0. The fourth-order valence-electron chi connectivity index (χ4n) is 0.933. The maximum Gasteiger partial charge on any atom is 1.00 e. The van der Waals surface area contributed by atoms with Crippen LogP contribution < -0.4 is 56.5 Å². The number of aliphatic carboxylic acids is 1. The van der Waals surface area contributed by atoms with E-state index in [2.05, 4.69) is 0 Å². The molecule has 0 bridgehead atoms. The number of ether oxygens (including phenoxy) is 1. The molecule has 1 aliphatic heterocycles. The van der Waals surface area contributed by atoms with Crippen molar-refractivity contribution in [1.82, 2.24) is 0 Å². The second kappa shape index (κ2) is 5.68. The molecular weight excluding hydrogens is 159 g/mol. The SMILES string of the molecule is O=C([O-])C1CCOCC1.[K+]. The van der Waals surface area contributed by atoms with Crippen molar-refractivity contribution in [2.24, 2.45) is 5.92 Å². The molecule has 1 aliphatic rings. The first kappa shape index (κ1) is 11.1. The summed E-state index contributed by atoms with van der Waals surface area (Å²) in [6, 6.07) is 0. The Morgan fingerprint density at radius 2 is 1.90 bits per heavy atom. The summed E-state index contributed by atoms with van der Waals surface area (Å²) in [4.78, 5) is 10.2. The third-order valence-corrected chi connectivity index (χ3v) is 1.55. The van der Waals surface area contributed by atoms with Crippen molar-refractivity contribution in [1.29, 1.82) is 0 Å². The van der Waals surface area contributed by atoms with E-state index in [0.717, 1.165) is 0 Å². The van der Waals surface area contributed by atoms with E-state index in [0.29, 0.717) is 26.1 Å². The summed E-state index contributed by atoms with van der Waals surface area (Å²) in [7, 11) is 0. The summed E-state index contributed by atoms with van der Waals surface area (Å²) < 4.78 is 4.96. The van der Waals surface area contributed by atoms with Gasteiger partial charge in [0.15, 0.2) is 0 Å². The number of hydrogen-bond donors (Lipinski definition) is 0. The molecule has 1 saturated heterocycles. The first-order valence-corrected chi connectivity index (χ1v) is 3.09. The van der Waals surface area contributed by atoms with Gasteiger partial charge in [-0.25, -0.2) is 0 Å². The topological polar surface area (TPSA) is 49.4 Å². The average Bonchev–Trinajstić information content (AvgIpc) is 1.90. The van der Waals surface area contributed by atoms with E-state index in [1.165, 1.54) is 0 Å². The zero-order chi connectivity index (χ0) is 6.69. The Bertz CT molecular complexity index is 110. The normalized spacial score (nSPS) is 19.6. The molecule has 0 atom stereocenters. The third-order valence-electron chi connectivity index (χ3n) is 1.55. The van der Waals surface area contributed by atoms with Crippen LogP contribution in [0.2, 0.25) is 0 Å². The second-order valence-corrected chi connectivity index (χ2v) is 2.21. The zero-order valence-electron chi connectivity index (χ0n) is 6.13. The monoisotopic (exact) mass is 168 g/mol. The van der Waals surface area contributed by atoms with Crippen LogP contribution in [-0.4, -0.2) is 19.2 Å². The molecule has 0 N–H and O–H groups in total. The molecule has 0 aromatic carbocycles. The van der Waals surface area contributed by atoms with Gasteiger partial charge in [-0.2, -0.15) is 0 Å². The molecule has 0 aromatic rings. The Hall–Kier alpha value is 1.07. The Morgan fingerprint density at radius 1 is 1.40 bits per heavy atom. The van der Waals surface area contributed by atoms with Gasteiger partial charge in [-0.15, -0.1) is 0 Å². The predicted octanol–water partition coefficient (Wildman–Crippen LogP) is -3.83. The van der Waals surface area contributed by atoms with Gasteiger partial charge in [0.05, 0.1) is 0 Å². The minimum Gasteiger partial charge on any atom is -0.550 e. The van der Waals surface area contributed by atoms with E-state index < -0.39 is 5.97 Å². The fraction of sp³-hybridized carbons (Fsp3) is 0.833. The van der Waals surface area contributed by atoms with Gasteiger partial charge in [0.25, 0.3) is 0 Å². The van der Waals surface area contributed by atoms with Crippen LogP contribution in [0.4, 0.5) is 0 Å². The standard InChI is InChI=1S/C6H10O3.K/c7-6(8)5-1-3-9-4-2-5;/h5H,1-4H2,(H,7,8);/q;+1/p-1. The second-order valence-electron chi connectivity index (χ2n) is 2.21. The molecule has 0 spiro atoms. The van der Waals surface area contributed by atoms with Crippen molar-refractivity contribution in [2.45, 2.75) is 12.8 Å². The Balaban J connectivity index is 0.000000810. The molecule has 52 valence electrons.